The van der Waals surface area contributed by atoms with Gasteiger partial charge in [-0.25, -0.2) is 4.39 Å². The molecule has 1 aromatic carbocycles. The number of anilines is 2. The monoisotopic (exact) mass is 445 g/mol. The Kier molecular flexibility index (Phi) is 8.02. The first-order valence-corrected chi connectivity index (χ1v) is 10.4. The van der Waals surface area contributed by atoms with Crippen LogP contribution in [-0.4, -0.2) is 48.4 Å². The zero-order valence-electron chi connectivity index (χ0n) is 19.0. The molecule has 0 unspecified atom stereocenters. The van der Waals surface area contributed by atoms with Crippen LogP contribution in [-0.2, 0) is 14.4 Å². The number of nitrogens with one attached hydrogen (secondary N) is 3. The Morgan fingerprint density at radius 3 is 2.50 bits per heavy atom. The van der Waals surface area contributed by atoms with Gasteiger partial charge in [0.25, 0.3) is 5.91 Å². The molecule has 8 nitrogen and oxygen atoms in total. The lowest BCUT2D eigenvalue weighted by atomic mass is 10.1. The average Bonchev–Trinajstić information content (AvgIpc) is 3.56. The summed E-state index contributed by atoms with van der Waals surface area (Å²) in [5.41, 5.74) is 7.37. The molecule has 0 aromatic heterocycles. The minimum atomic E-state index is -1.04. The molecule has 0 bridgehead atoms. The second-order valence-electron chi connectivity index (χ2n) is 8.60. The van der Waals surface area contributed by atoms with Crippen molar-refractivity contribution in [2.24, 2.45) is 11.7 Å². The number of alkyl halides is 1. The quantitative estimate of drug-likeness (QED) is 0.413. The number of carbonyl (C=O) groups excluding carboxylic acids is 3. The fraction of sp³-hybridized carbons (Fsp3) is 0.435. The second-order valence-corrected chi connectivity index (χ2v) is 8.60. The van der Waals surface area contributed by atoms with Gasteiger partial charge in [0.05, 0.1) is 11.2 Å². The number of nitrogens with zero attached hydrogens (tertiary/aromatic N) is 1. The molecule has 32 heavy (non-hydrogen) atoms. The van der Waals surface area contributed by atoms with Crippen molar-refractivity contribution in [3.8, 4) is 0 Å². The summed E-state index contributed by atoms with van der Waals surface area (Å²) in [7, 11) is 1.75. The Bertz CT molecular complexity index is 938. The van der Waals surface area contributed by atoms with Crippen LogP contribution in [0.5, 0.6) is 0 Å². The molecule has 0 heterocycles. The molecule has 5 N–H and O–H groups in total. The van der Waals surface area contributed by atoms with Crippen LogP contribution < -0.4 is 21.7 Å². The molecule has 0 atom stereocenters. The zero-order chi connectivity index (χ0) is 24.1. The molecular weight excluding hydrogens is 413 g/mol. The van der Waals surface area contributed by atoms with E-state index in [0.717, 1.165) is 23.4 Å². The third kappa shape index (κ3) is 6.83. The van der Waals surface area contributed by atoms with Gasteiger partial charge in [-0.1, -0.05) is 6.58 Å². The standard InChI is InChI=1S/C23H32FN5O3/c1-14(2)29(12-20(30)28-23(3,4)13-24)21(31)11-18(25)17-9-8-16(26-5)10-19(17)27-22(32)15-6-7-15/h8-11,15,26H,1,6-7,12-13,25H2,2-5H3,(H,27,32)(H,28,30)/b18-11-. The first-order valence-electron chi connectivity index (χ1n) is 10.4. The van der Waals surface area contributed by atoms with E-state index < -0.39 is 24.0 Å². The third-order valence-electron chi connectivity index (χ3n) is 4.94. The summed E-state index contributed by atoms with van der Waals surface area (Å²) < 4.78 is 13.0. The molecule has 174 valence electrons. The van der Waals surface area contributed by atoms with Gasteiger partial charge in [-0.2, -0.15) is 0 Å². The highest BCUT2D eigenvalue weighted by atomic mass is 19.1. The fourth-order valence-corrected chi connectivity index (χ4v) is 2.92. The van der Waals surface area contributed by atoms with Crippen molar-refractivity contribution >= 4 is 34.8 Å². The van der Waals surface area contributed by atoms with Crippen LogP contribution >= 0.6 is 0 Å². The normalized spacial score (nSPS) is 13.8. The summed E-state index contributed by atoms with van der Waals surface area (Å²) in [4.78, 5) is 38.6. The summed E-state index contributed by atoms with van der Waals surface area (Å²) >= 11 is 0. The largest absolute Gasteiger partial charge is 0.398 e. The van der Waals surface area contributed by atoms with Crippen LogP contribution in [0, 0.1) is 5.92 Å². The van der Waals surface area contributed by atoms with E-state index in [1.54, 1.807) is 46.0 Å². The number of benzene rings is 1. The summed E-state index contributed by atoms with van der Waals surface area (Å²) in [5.74, 6) is -1.17. The molecular formula is C23H32FN5O3. The molecule has 1 fully saturated rings. The highest BCUT2D eigenvalue weighted by Gasteiger charge is 2.30. The van der Waals surface area contributed by atoms with Gasteiger partial charge in [0.2, 0.25) is 11.8 Å². The maximum absolute atomic E-state index is 13.0. The lowest BCUT2D eigenvalue weighted by Crippen LogP contribution is -2.49. The van der Waals surface area contributed by atoms with Gasteiger partial charge in [0.15, 0.2) is 0 Å². The van der Waals surface area contributed by atoms with Gasteiger partial charge in [-0.15, -0.1) is 0 Å². The number of allylic oxidation sites excluding steroid dienone is 1. The molecule has 1 aliphatic rings. The van der Waals surface area contributed by atoms with Gasteiger partial charge in [0.1, 0.15) is 13.2 Å². The SMILES string of the molecule is C=C(C)N(CC(=O)NC(C)(C)CF)C(=O)/C=C(\N)c1ccc(NC)cc1NC(=O)C1CC1. The molecule has 1 aromatic rings. The van der Waals surface area contributed by atoms with E-state index in [0.29, 0.717) is 16.9 Å². The Labute approximate surface area is 188 Å². The highest BCUT2D eigenvalue weighted by Crippen LogP contribution is 2.32. The molecule has 9 heteroatoms. The smallest absolute Gasteiger partial charge is 0.253 e. The highest BCUT2D eigenvalue weighted by molar-refractivity contribution is 6.01. The number of carbonyl (C=O) groups is 3. The molecule has 1 aliphatic carbocycles. The van der Waals surface area contributed by atoms with Crippen LogP contribution in [0.3, 0.4) is 0 Å². The Morgan fingerprint density at radius 2 is 1.97 bits per heavy atom. The van der Waals surface area contributed by atoms with Crippen LogP contribution in [0.4, 0.5) is 15.8 Å². The third-order valence-corrected chi connectivity index (χ3v) is 4.94. The minimum Gasteiger partial charge on any atom is -0.398 e. The van der Waals surface area contributed by atoms with Gasteiger partial charge >= 0.3 is 0 Å². The predicted molar refractivity (Wildman–Crippen MR) is 124 cm³/mol. The Balaban J connectivity index is 2.24. The second kappa shape index (κ2) is 10.3. The van der Waals surface area contributed by atoms with Gasteiger partial charge in [0, 0.05) is 41.7 Å². The first-order chi connectivity index (χ1) is 15.0. The van der Waals surface area contributed by atoms with Crippen molar-refractivity contribution < 1.29 is 18.8 Å². The molecule has 0 radical (unpaired) electrons. The fourth-order valence-electron chi connectivity index (χ4n) is 2.92. The zero-order valence-corrected chi connectivity index (χ0v) is 19.0. The molecule has 2 rings (SSSR count). The van der Waals surface area contributed by atoms with E-state index >= 15 is 0 Å². The number of halogens is 1. The van der Waals surface area contributed by atoms with Crippen LogP contribution in [0.2, 0.25) is 0 Å². The van der Waals surface area contributed by atoms with Crippen molar-refractivity contribution in [3.63, 3.8) is 0 Å². The van der Waals surface area contributed by atoms with E-state index in [1.807, 2.05) is 0 Å². The summed E-state index contributed by atoms with van der Waals surface area (Å²) in [6.07, 6.45) is 2.89. The summed E-state index contributed by atoms with van der Waals surface area (Å²) in [5, 5.41) is 8.41. The molecule has 3 amide bonds. The van der Waals surface area contributed by atoms with Crippen LogP contribution in [0.15, 0.2) is 36.6 Å². The summed E-state index contributed by atoms with van der Waals surface area (Å²) in [6, 6.07) is 5.22. The van der Waals surface area contributed by atoms with E-state index in [1.165, 1.54) is 6.08 Å². The molecule has 0 spiro atoms. The Morgan fingerprint density at radius 1 is 1.31 bits per heavy atom. The van der Waals surface area contributed by atoms with E-state index in [-0.39, 0.29) is 24.1 Å². The van der Waals surface area contributed by atoms with Crippen molar-refractivity contribution in [1.29, 1.82) is 0 Å². The number of rotatable bonds is 10. The van der Waals surface area contributed by atoms with Crippen molar-refractivity contribution in [1.82, 2.24) is 10.2 Å². The molecule has 1 saturated carbocycles. The predicted octanol–water partition coefficient (Wildman–Crippen LogP) is 2.60. The van der Waals surface area contributed by atoms with E-state index in [9.17, 15) is 18.8 Å². The van der Waals surface area contributed by atoms with Crippen LogP contribution in [0.1, 0.15) is 39.2 Å². The van der Waals surface area contributed by atoms with Crippen molar-refractivity contribution in [2.45, 2.75) is 39.2 Å². The number of nitrogens with two attached hydrogens (primary N) is 1. The van der Waals surface area contributed by atoms with Gasteiger partial charge < -0.3 is 26.6 Å². The molecule has 0 saturated heterocycles. The number of amides is 3. The first kappa shape index (κ1) is 24.9. The van der Waals surface area contributed by atoms with Gasteiger partial charge in [-0.05, 0) is 51.8 Å². The van der Waals surface area contributed by atoms with Crippen molar-refractivity contribution in [3.05, 3.63) is 42.1 Å². The summed E-state index contributed by atoms with van der Waals surface area (Å²) in [6.45, 7) is 7.34. The lowest BCUT2D eigenvalue weighted by molar-refractivity contribution is -0.131. The Hall–Kier alpha value is -3.36. The van der Waals surface area contributed by atoms with Gasteiger partial charge in [-0.3, -0.25) is 14.4 Å². The van der Waals surface area contributed by atoms with Crippen molar-refractivity contribution in [2.75, 3.05) is 30.9 Å². The number of hydrogen-bond donors (Lipinski definition) is 4. The lowest BCUT2D eigenvalue weighted by Gasteiger charge is -2.26. The topological polar surface area (TPSA) is 117 Å². The minimum absolute atomic E-state index is 0.00100. The van der Waals surface area contributed by atoms with Crippen LogP contribution in [0.25, 0.3) is 5.70 Å². The number of hydrogen-bond acceptors (Lipinski definition) is 5. The van der Waals surface area contributed by atoms with E-state index in [4.69, 9.17) is 5.73 Å². The maximum Gasteiger partial charge on any atom is 0.253 e. The molecule has 0 aliphatic heterocycles. The maximum atomic E-state index is 13.0. The van der Waals surface area contributed by atoms with E-state index in [2.05, 4.69) is 22.5 Å². The average molecular weight is 446 g/mol.